The summed E-state index contributed by atoms with van der Waals surface area (Å²) in [5.41, 5.74) is 0.933. The van der Waals surface area contributed by atoms with Crippen molar-refractivity contribution in [2.75, 3.05) is 5.32 Å². The molecule has 0 fully saturated rings. The van der Waals surface area contributed by atoms with E-state index in [9.17, 15) is 14.0 Å². The second kappa shape index (κ2) is 7.41. The zero-order valence-electron chi connectivity index (χ0n) is 13.7. The lowest BCUT2D eigenvalue weighted by atomic mass is 10.1. The van der Waals surface area contributed by atoms with Gasteiger partial charge in [0, 0.05) is 29.0 Å². The van der Waals surface area contributed by atoms with Crippen molar-refractivity contribution in [1.29, 1.82) is 0 Å². The second-order valence-electron chi connectivity index (χ2n) is 5.55. The summed E-state index contributed by atoms with van der Waals surface area (Å²) in [6.07, 6.45) is 1.43. The number of hydrogen-bond donors (Lipinski definition) is 2. The average molecular weight is 373 g/mol. The molecule has 7 heteroatoms. The number of anilines is 1. The Balaban J connectivity index is 1.94. The molecule has 132 valence electrons. The number of carbonyl (C=O) groups is 1. The van der Waals surface area contributed by atoms with Gasteiger partial charge in [0.15, 0.2) is 0 Å². The summed E-state index contributed by atoms with van der Waals surface area (Å²) in [6.45, 7) is 1.76. The van der Waals surface area contributed by atoms with Crippen LogP contribution in [0.15, 0.2) is 59.5 Å². The summed E-state index contributed by atoms with van der Waals surface area (Å²) in [6, 6.07) is 11.3. The summed E-state index contributed by atoms with van der Waals surface area (Å²) in [4.78, 5) is 26.5. The molecule has 2 N–H and O–H groups in total. The molecule has 1 heterocycles. The Morgan fingerprint density at radius 2 is 1.88 bits per heavy atom. The van der Waals surface area contributed by atoms with Gasteiger partial charge in [-0.1, -0.05) is 11.6 Å². The molecule has 0 aliphatic rings. The molecule has 0 saturated heterocycles. The van der Waals surface area contributed by atoms with Crippen LogP contribution in [-0.4, -0.2) is 10.9 Å². The van der Waals surface area contributed by atoms with Crippen molar-refractivity contribution in [2.45, 2.75) is 6.92 Å². The Kier molecular flexibility index (Phi) is 5.04. The van der Waals surface area contributed by atoms with E-state index in [-0.39, 0.29) is 16.9 Å². The molecule has 0 aliphatic heterocycles. The van der Waals surface area contributed by atoms with Crippen LogP contribution in [0.3, 0.4) is 0 Å². The predicted octanol–water partition coefficient (Wildman–Crippen LogP) is 4.52. The predicted molar refractivity (Wildman–Crippen MR) is 97.7 cm³/mol. The van der Waals surface area contributed by atoms with E-state index in [4.69, 9.17) is 16.3 Å². The Morgan fingerprint density at radius 3 is 2.58 bits per heavy atom. The van der Waals surface area contributed by atoms with Gasteiger partial charge < -0.3 is 15.0 Å². The van der Waals surface area contributed by atoms with Crippen LogP contribution >= 0.6 is 11.6 Å². The van der Waals surface area contributed by atoms with Gasteiger partial charge >= 0.3 is 0 Å². The maximum Gasteiger partial charge on any atom is 0.259 e. The Labute approximate surface area is 153 Å². The SMILES string of the molecule is Cc1cc(C(=O)Nc2cc[nH]c(=O)c2)c(Oc2ccc(F)cc2)cc1Cl. The molecule has 0 aliphatic carbocycles. The zero-order valence-corrected chi connectivity index (χ0v) is 14.4. The summed E-state index contributed by atoms with van der Waals surface area (Å²) >= 11 is 6.15. The number of nitrogens with one attached hydrogen (secondary N) is 2. The summed E-state index contributed by atoms with van der Waals surface area (Å²) in [7, 11) is 0. The number of benzene rings is 2. The number of halogens is 2. The van der Waals surface area contributed by atoms with Crippen LogP contribution in [0.4, 0.5) is 10.1 Å². The van der Waals surface area contributed by atoms with Crippen LogP contribution < -0.4 is 15.6 Å². The van der Waals surface area contributed by atoms with Gasteiger partial charge in [0.2, 0.25) is 5.56 Å². The van der Waals surface area contributed by atoms with E-state index in [0.29, 0.717) is 22.0 Å². The van der Waals surface area contributed by atoms with E-state index in [1.165, 1.54) is 42.6 Å². The van der Waals surface area contributed by atoms with Crippen LogP contribution in [0, 0.1) is 12.7 Å². The Hall–Kier alpha value is -3.12. The first-order chi connectivity index (χ1) is 12.4. The molecule has 0 saturated carbocycles. The number of H-pyrrole nitrogens is 1. The molecule has 0 bridgehead atoms. The number of amides is 1. The molecule has 0 atom stereocenters. The smallest absolute Gasteiger partial charge is 0.259 e. The van der Waals surface area contributed by atoms with E-state index in [2.05, 4.69) is 10.3 Å². The first-order valence-electron chi connectivity index (χ1n) is 7.66. The number of pyridine rings is 1. The highest BCUT2D eigenvalue weighted by Crippen LogP contribution is 2.31. The molecule has 0 unspecified atom stereocenters. The van der Waals surface area contributed by atoms with E-state index in [1.807, 2.05) is 0 Å². The Bertz CT molecular complexity index is 1020. The highest BCUT2D eigenvalue weighted by atomic mass is 35.5. The minimum absolute atomic E-state index is 0.217. The molecule has 3 aromatic rings. The van der Waals surface area contributed by atoms with Gasteiger partial charge in [-0.2, -0.15) is 0 Å². The first-order valence-corrected chi connectivity index (χ1v) is 8.04. The fraction of sp³-hybridized carbons (Fsp3) is 0.0526. The maximum absolute atomic E-state index is 13.1. The van der Waals surface area contributed by atoms with E-state index < -0.39 is 11.7 Å². The topological polar surface area (TPSA) is 71.2 Å². The van der Waals surface area contributed by atoms with Crippen LogP contribution in [0.1, 0.15) is 15.9 Å². The summed E-state index contributed by atoms with van der Waals surface area (Å²) in [5, 5.41) is 3.06. The second-order valence-corrected chi connectivity index (χ2v) is 5.96. The molecular formula is C19H14ClFN2O3. The number of carbonyl (C=O) groups excluding carboxylic acids is 1. The summed E-state index contributed by atoms with van der Waals surface area (Å²) in [5.74, 6) is -0.287. The van der Waals surface area contributed by atoms with Gasteiger partial charge in [0.25, 0.3) is 5.91 Å². The number of aromatic nitrogens is 1. The van der Waals surface area contributed by atoms with Crippen molar-refractivity contribution < 1.29 is 13.9 Å². The first kappa shape index (κ1) is 17.7. The quantitative estimate of drug-likeness (QED) is 0.707. The molecule has 1 amide bonds. The van der Waals surface area contributed by atoms with Gasteiger partial charge in [-0.3, -0.25) is 9.59 Å². The van der Waals surface area contributed by atoms with Crippen LogP contribution in [0.5, 0.6) is 11.5 Å². The highest BCUT2D eigenvalue weighted by Gasteiger charge is 2.16. The van der Waals surface area contributed by atoms with E-state index in [0.717, 1.165) is 0 Å². The third-order valence-electron chi connectivity index (χ3n) is 3.58. The van der Waals surface area contributed by atoms with E-state index >= 15 is 0 Å². The van der Waals surface area contributed by atoms with Crippen molar-refractivity contribution in [1.82, 2.24) is 4.98 Å². The fourth-order valence-electron chi connectivity index (χ4n) is 2.28. The number of rotatable bonds is 4. The van der Waals surface area contributed by atoms with Crippen molar-refractivity contribution >= 4 is 23.2 Å². The number of ether oxygens (including phenoxy) is 1. The molecule has 1 aromatic heterocycles. The summed E-state index contributed by atoms with van der Waals surface area (Å²) < 4.78 is 18.8. The third kappa shape index (κ3) is 4.10. The number of aryl methyl sites for hydroxylation is 1. The minimum atomic E-state index is -0.465. The van der Waals surface area contributed by atoms with Gasteiger partial charge in [-0.05, 0) is 48.9 Å². The normalized spacial score (nSPS) is 10.4. The lowest BCUT2D eigenvalue weighted by Crippen LogP contribution is -2.15. The minimum Gasteiger partial charge on any atom is -0.456 e. The highest BCUT2D eigenvalue weighted by molar-refractivity contribution is 6.31. The molecule has 0 radical (unpaired) electrons. The number of aromatic amines is 1. The van der Waals surface area contributed by atoms with Crippen LogP contribution in [0.25, 0.3) is 0 Å². The average Bonchev–Trinajstić information content (AvgIpc) is 2.60. The third-order valence-corrected chi connectivity index (χ3v) is 3.99. The van der Waals surface area contributed by atoms with Crippen molar-refractivity contribution in [3.05, 3.63) is 87.0 Å². The fourth-order valence-corrected chi connectivity index (χ4v) is 2.43. The lowest BCUT2D eigenvalue weighted by molar-refractivity contribution is 0.102. The van der Waals surface area contributed by atoms with Gasteiger partial charge in [0.1, 0.15) is 17.3 Å². The molecule has 3 rings (SSSR count). The van der Waals surface area contributed by atoms with Crippen LogP contribution in [0.2, 0.25) is 5.02 Å². The number of hydrogen-bond acceptors (Lipinski definition) is 3. The molecular weight excluding hydrogens is 359 g/mol. The maximum atomic E-state index is 13.1. The van der Waals surface area contributed by atoms with Gasteiger partial charge in [-0.25, -0.2) is 4.39 Å². The molecule has 0 spiro atoms. The monoisotopic (exact) mass is 372 g/mol. The molecule has 26 heavy (non-hydrogen) atoms. The van der Waals surface area contributed by atoms with Crippen molar-refractivity contribution in [3.8, 4) is 11.5 Å². The largest absolute Gasteiger partial charge is 0.456 e. The zero-order chi connectivity index (χ0) is 18.7. The van der Waals surface area contributed by atoms with Crippen LogP contribution in [-0.2, 0) is 0 Å². The lowest BCUT2D eigenvalue weighted by Gasteiger charge is -2.13. The van der Waals surface area contributed by atoms with Crippen molar-refractivity contribution in [3.63, 3.8) is 0 Å². The molecule has 5 nitrogen and oxygen atoms in total. The van der Waals surface area contributed by atoms with Gasteiger partial charge in [0.05, 0.1) is 5.56 Å². The Morgan fingerprint density at radius 1 is 1.15 bits per heavy atom. The molecule has 2 aromatic carbocycles. The van der Waals surface area contributed by atoms with E-state index in [1.54, 1.807) is 19.1 Å². The van der Waals surface area contributed by atoms with Crippen molar-refractivity contribution in [2.24, 2.45) is 0 Å². The standard InChI is InChI=1S/C19H14ClFN2O3/c1-11-8-15(19(25)23-13-6-7-22-18(24)9-13)17(10-16(11)20)26-14-4-2-12(21)3-5-14/h2-10H,1H3,(H2,22,23,24,25). The van der Waals surface area contributed by atoms with Gasteiger partial charge in [-0.15, -0.1) is 0 Å².